The molecule has 0 heterocycles. The Morgan fingerprint density at radius 3 is 2.43 bits per heavy atom. The van der Waals surface area contributed by atoms with Gasteiger partial charge in [0.25, 0.3) is 5.91 Å². The Hall–Kier alpha value is -2.36. The molecular weight excluding hydrogens is 293 g/mol. The van der Waals surface area contributed by atoms with Gasteiger partial charge in [-0.05, 0) is 53.8 Å². The third-order valence-electron chi connectivity index (χ3n) is 3.81. The van der Waals surface area contributed by atoms with Crippen molar-refractivity contribution in [1.29, 1.82) is 0 Å². The van der Waals surface area contributed by atoms with Crippen molar-refractivity contribution < 1.29 is 13.9 Å². The first-order chi connectivity index (χ1) is 10.9. The van der Waals surface area contributed by atoms with Gasteiger partial charge in [-0.15, -0.1) is 0 Å². The summed E-state index contributed by atoms with van der Waals surface area (Å²) in [6, 6.07) is 9.88. The summed E-state index contributed by atoms with van der Waals surface area (Å²) in [7, 11) is 1.63. The largest absolute Gasteiger partial charge is 0.496 e. The van der Waals surface area contributed by atoms with Crippen LogP contribution in [-0.2, 0) is 6.54 Å². The first-order valence-corrected chi connectivity index (χ1v) is 7.63. The van der Waals surface area contributed by atoms with Gasteiger partial charge in [0.15, 0.2) is 0 Å². The fourth-order valence-corrected chi connectivity index (χ4v) is 2.45. The highest BCUT2D eigenvalue weighted by Crippen LogP contribution is 2.29. The van der Waals surface area contributed by atoms with Gasteiger partial charge in [0, 0.05) is 12.1 Å². The molecule has 0 aliphatic heterocycles. The fourth-order valence-electron chi connectivity index (χ4n) is 2.45. The minimum Gasteiger partial charge on any atom is -0.496 e. The topological polar surface area (TPSA) is 38.3 Å². The van der Waals surface area contributed by atoms with Crippen LogP contribution in [0.3, 0.4) is 0 Å². The number of carbonyl (C=O) groups is 1. The molecule has 23 heavy (non-hydrogen) atoms. The lowest BCUT2D eigenvalue weighted by Crippen LogP contribution is -2.24. The van der Waals surface area contributed by atoms with E-state index in [1.807, 2.05) is 19.1 Å². The molecule has 2 aromatic carbocycles. The van der Waals surface area contributed by atoms with Crippen LogP contribution >= 0.6 is 0 Å². The Morgan fingerprint density at radius 2 is 1.87 bits per heavy atom. The SMILES string of the molecule is COc1cc(C)c(C(=O)NCc2ccc(F)cc2)cc1C(C)C. The maximum absolute atomic E-state index is 12.9. The lowest BCUT2D eigenvalue weighted by molar-refractivity contribution is 0.0950. The van der Waals surface area contributed by atoms with Crippen LogP contribution in [0.2, 0.25) is 0 Å². The second-order valence-electron chi connectivity index (χ2n) is 5.87. The fraction of sp³-hybridized carbons (Fsp3) is 0.316. The molecule has 122 valence electrons. The average molecular weight is 315 g/mol. The molecule has 0 aliphatic rings. The molecule has 0 fully saturated rings. The second-order valence-corrected chi connectivity index (χ2v) is 5.87. The van der Waals surface area contributed by atoms with Crippen molar-refractivity contribution in [1.82, 2.24) is 5.32 Å². The standard InChI is InChI=1S/C19H22FNO2/c1-12(2)16-10-17(13(3)9-18(16)23-4)19(22)21-11-14-5-7-15(20)8-6-14/h5-10,12H,11H2,1-4H3,(H,21,22). The predicted molar refractivity (Wildman–Crippen MR) is 89.4 cm³/mol. The molecule has 3 nitrogen and oxygen atoms in total. The monoisotopic (exact) mass is 315 g/mol. The van der Waals surface area contributed by atoms with Gasteiger partial charge in [-0.2, -0.15) is 0 Å². The molecule has 1 amide bonds. The molecule has 0 bridgehead atoms. The zero-order valence-electron chi connectivity index (χ0n) is 13.9. The predicted octanol–water partition coefficient (Wildman–Crippen LogP) is 4.20. The van der Waals surface area contributed by atoms with Crippen LogP contribution in [0.5, 0.6) is 5.75 Å². The maximum atomic E-state index is 12.9. The van der Waals surface area contributed by atoms with Crippen molar-refractivity contribution in [2.75, 3.05) is 7.11 Å². The Bertz CT molecular complexity index is 693. The number of methoxy groups -OCH3 is 1. The minimum atomic E-state index is -0.285. The summed E-state index contributed by atoms with van der Waals surface area (Å²) in [5.41, 5.74) is 3.36. The van der Waals surface area contributed by atoms with Crippen molar-refractivity contribution in [3.63, 3.8) is 0 Å². The van der Waals surface area contributed by atoms with E-state index in [2.05, 4.69) is 19.2 Å². The van der Waals surface area contributed by atoms with Gasteiger partial charge in [0.2, 0.25) is 0 Å². The third kappa shape index (κ3) is 4.09. The smallest absolute Gasteiger partial charge is 0.251 e. The number of hydrogen-bond donors (Lipinski definition) is 1. The van der Waals surface area contributed by atoms with E-state index >= 15 is 0 Å². The molecule has 0 aromatic heterocycles. The highest BCUT2D eigenvalue weighted by atomic mass is 19.1. The van der Waals surface area contributed by atoms with Crippen molar-refractivity contribution in [2.24, 2.45) is 0 Å². The molecule has 2 rings (SSSR count). The van der Waals surface area contributed by atoms with Crippen molar-refractivity contribution in [2.45, 2.75) is 33.2 Å². The first kappa shape index (κ1) is 17.0. The number of aryl methyl sites for hydroxylation is 1. The van der Waals surface area contributed by atoms with Gasteiger partial charge < -0.3 is 10.1 Å². The molecule has 0 radical (unpaired) electrons. The van der Waals surface area contributed by atoms with E-state index < -0.39 is 0 Å². The van der Waals surface area contributed by atoms with Gasteiger partial charge in [-0.1, -0.05) is 26.0 Å². The summed E-state index contributed by atoms with van der Waals surface area (Å²) in [5.74, 6) is 0.630. The summed E-state index contributed by atoms with van der Waals surface area (Å²) in [5, 5.41) is 2.88. The van der Waals surface area contributed by atoms with Crippen LogP contribution in [-0.4, -0.2) is 13.0 Å². The molecule has 0 unspecified atom stereocenters. The summed E-state index contributed by atoms with van der Waals surface area (Å²) < 4.78 is 18.3. The van der Waals surface area contributed by atoms with Gasteiger partial charge in [0.1, 0.15) is 11.6 Å². The van der Waals surface area contributed by atoms with E-state index in [1.165, 1.54) is 12.1 Å². The van der Waals surface area contributed by atoms with E-state index in [4.69, 9.17) is 4.74 Å². The maximum Gasteiger partial charge on any atom is 0.251 e. The lowest BCUT2D eigenvalue weighted by Gasteiger charge is -2.16. The number of nitrogens with one attached hydrogen (secondary N) is 1. The zero-order chi connectivity index (χ0) is 17.0. The number of rotatable bonds is 5. The molecule has 0 aliphatic carbocycles. The van der Waals surface area contributed by atoms with Gasteiger partial charge in [-0.3, -0.25) is 4.79 Å². The van der Waals surface area contributed by atoms with Crippen LogP contribution in [0.15, 0.2) is 36.4 Å². The highest BCUT2D eigenvalue weighted by molar-refractivity contribution is 5.96. The normalized spacial score (nSPS) is 10.7. The van der Waals surface area contributed by atoms with E-state index in [0.29, 0.717) is 12.1 Å². The molecule has 0 spiro atoms. The highest BCUT2D eigenvalue weighted by Gasteiger charge is 2.15. The van der Waals surface area contributed by atoms with Crippen molar-refractivity contribution >= 4 is 5.91 Å². The minimum absolute atomic E-state index is 0.142. The van der Waals surface area contributed by atoms with E-state index in [1.54, 1.807) is 19.2 Å². The number of carbonyl (C=O) groups excluding carboxylic acids is 1. The summed E-state index contributed by atoms with van der Waals surface area (Å²) in [6.45, 7) is 6.38. The number of halogens is 1. The Morgan fingerprint density at radius 1 is 1.22 bits per heavy atom. The van der Waals surface area contributed by atoms with Gasteiger partial charge in [0.05, 0.1) is 7.11 Å². The first-order valence-electron chi connectivity index (χ1n) is 7.63. The number of ether oxygens (including phenoxy) is 1. The Kier molecular flexibility index (Phi) is 5.37. The molecule has 0 saturated heterocycles. The summed E-state index contributed by atoms with van der Waals surface area (Å²) >= 11 is 0. The van der Waals surface area contributed by atoms with Crippen LogP contribution in [0.25, 0.3) is 0 Å². The van der Waals surface area contributed by atoms with E-state index in [0.717, 1.165) is 22.4 Å². The van der Waals surface area contributed by atoms with Crippen LogP contribution in [0.4, 0.5) is 4.39 Å². The van der Waals surface area contributed by atoms with Crippen LogP contribution in [0, 0.1) is 12.7 Å². The lowest BCUT2D eigenvalue weighted by atomic mass is 9.96. The molecule has 1 N–H and O–H groups in total. The van der Waals surface area contributed by atoms with Gasteiger partial charge in [-0.25, -0.2) is 4.39 Å². The molecule has 0 saturated carbocycles. The molecule has 0 atom stereocenters. The number of benzene rings is 2. The second kappa shape index (κ2) is 7.27. The van der Waals surface area contributed by atoms with Crippen molar-refractivity contribution in [3.05, 3.63) is 64.5 Å². The Balaban J connectivity index is 2.18. The average Bonchev–Trinajstić information content (AvgIpc) is 2.53. The third-order valence-corrected chi connectivity index (χ3v) is 3.81. The van der Waals surface area contributed by atoms with Gasteiger partial charge >= 0.3 is 0 Å². The van der Waals surface area contributed by atoms with E-state index in [9.17, 15) is 9.18 Å². The molecular formula is C19H22FNO2. The van der Waals surface area contributed by atoms with Crippen molar-refractivity contribution in [3.8, 4) is 5.75 Å². The summed E-state index contributed by atoms with van der Waals surface area (Å²) in [6.07, 6.45) is 0. The Labute approximate surface area is 136 Å². The van der Waals surface area contributed by atoms with E-state index in [-0.39, 0.29) is 17.6 Å². The van der Waals surface area contributed by atoms with Crippen LogP contribution in [0.1, 0.15) is 46.8 Å². The zero-order valence-corrected chi connectivity index (χ0v) is 13.9. The van der Waals surface area contributed by atoms with Crippen LogP contribution < -0.4 is 10.1 Å². The number of amides is 1. The number of hydrogen-bond acceptors (Lipinski definition) is 2. The summed E-state index contributed by atoms with van der Waals surface area (Å²) in [4.78, 5) is 12.5. The molecule has 4 heteroatoms. The quantitative estimate of drug-likeness (QED) is 0.898. The molecule has 2 aromatic rings.